The fraction of sp³-hybridized carbons (Fsp3) is 0.227. The Labute approximate surface area is 173 Å². The van der Waals surface area contributed by atoms with Crippen LogP contribution >= 0.6 is 11.3 Å². The Kier molecular flexibility index (Phi) is 4.62. The maximum absolute atomic E-state index is 13.0. The van der Waals surface area contributed by atoms with E-state index in [-0.39, 0.29) is 0 Å². The lowest BCUT2D eigenvalue weighted by molar-refractivity contribution is -0.144. The highest BCUT2D eigenvalue weighted by molar-refractivity contribution is 7.14. The number of hydrogen-bond acceptors (Lipinski definition) is 5. The molecule has 2 heterocycles. The van der Waals surface area contributed by atoms with Crippen LogP contribution in [0.5, 0.6) is 5.75 Å². The minimum Gasteiger partial charge on any atom is -0.465 e. The van der Waals surface area contributed by atoms with Crippen LogP contribution < -0.4 is 15.0 Å². The van der Waals surface area contributed by atoms with Crippen molar-refractivity contribution in [1.82, 2.24) is 4.98 Å². The van der Waals surface area contributed by atoms with Crippen LogP contribution in [0.25, 0.3) is 11.3 Å². The Morgan fingerprint density at radius 1 is 1.14 bits per heavy atom. The number of rotatable bonds is 3. The summed E-state index contributed by atoms with van der Waals surface area (Å²) in [7, 11) is 1.65. The number of amides is 2. The van der Waals surface area contributed by atoms with E-state index in [4.69, 9.17) is 4.74 Å². The predicted octanol–water partition coefficient (Wildman–Crippen LogP) is 4.18. The molecule has 0 saturated carbocycles. The fourth-order valence-electron chi connectivity index (χ4n) is 3.22. The van der Waals surface area contributed by atoms with Crippen molar-refractivity contribution in [3.63, 3.8) is 0 Å². The minimum absolute atomic E-state index is 0.417. The molecule has 3 aromatic rings. The minimum atomic E-state index is -1.67. The molecule has 4 rings (SSSR count). The van der Waals surface area contributed by atoms with Gasteiger partial charge < -0.3 is 9.64 Å². The van der Waals surface area contributed by atoms with Gasteiger partial charge in [0.15, 0.2) is 5.13 Å². The molecule has 1 unspecified atom stereocenters. The fourth-order valence-corrected chi connectivity index (χ4v) is 3.93. The standard InChI is InChI=1S/C22H21N3O3S/c1-13-5-8-15(9-6-13)16-12-29-21(23-16)24-19(26)22(3)20(27)25(4)17-11-14(2)7-10-18(17)28-22/h5-12H,1-4H3,(H,23,24,26). The molecule has 0 radical (unpaired) electrons. The number of thiazole rings is 1. The van der Waals surface area contributed by atoms with Crippen LogP contribution in [-0.2, 0) is 9.59 Å². The summed E-state index contributed by atoms with van der Waals surface area (Å²) in [6.45, 7) is 5.44. The zero-order chi connectivity index (χ0) is 20.8. The van der Waals surface area contributed by atoms with Gasteiger partial charge in [-0.15, -0.1) is 11.3 Å². The average molecular weight is 407 g/mol. The zero-order valence-corrected chi connectivity index (χ0v) is 17.5. The van der Waals surface area contributed by atoms with Gasteiger partial charge in [0.1, 0.15) is 5.75 Å². The first-order valence-electron chi connectivity index (χ1n) is 9.20. The maximum Gasteiger partial charge on any atom is 0.280 e. The van der Waals surface area contributed by atoms with Crippen molar-refractivity contribution in [2.24, 2.45) is 0 Å². The molecule has 1 N–H and O–H groups in total. The smallest absolute Gasteiger partial charge is 0.280 e. The molecule has 0 bridgehead atoms. The van der Waals surface area contributed by atoms with E-state index < -0.39 is 17.4 Å². The summed E-state index contributed by atoms with van der Waals surface area (Å²) in [6, 6.07) is 13.5. The largest absolute Gasteiger partial charge is 0.465 e. The number of aryl methyl sites for hydroxylation is 2. The average Bonchev–Trinajstić information content (AvgIpc) is 3.16. The Hall–Kier alpha value is -3.19. The van der Waals surface area contributed by atoms with E-state index in [2.05, 4.69) is 10.3 Å². The van der Waals surface area contributed by atoms with Gasteiger partial charge in [0.25, 0.3) is 17.4 Å². The molecule has 2 amide bonds. The number of anilines is 2. The summed E-state index contributed by atoms with van der Waals surface area (Å²) >= 11 is 1.31. The Bertz CT molecular complexity index is 1110. The summed E-state index contributed by atoms with van der Waals surface area (Å²) in [5.41, 5.74) is 2.88. The molecule has 0 fully saturated rings. The molecular formula is C22H21N3O3S. The molecule has 0 saturated heterocycles. The van der Waals surface area contributed by atoms with Crippen LogP contribution in [0.3, 0.4) is 0 Å². The summed E-state index contributed by atoms with van der Waals surface area (Å²) in [5.74, 6) is -0.483. The summed E-state index contributed by atoms with van der Waals surface area (Å²) in [4.78, 5) is 31.9. The van der Waals surface area contributed by atoms with E-state index in [0.29, 0.717) is 16.6 Å². The Balaban J connectivity index is 1.57. The highest BCUT2D eigenvalue weighted by Crippen LogP contribution is 2.38. The number of carbonyl (C=O) groups excluding carboxylic acids is 2. The second-order valence-electron chi connectivity index (χ2n) is 7.33. The van der Waals surface area contributed by atoms with Gasteiger partial charge in [-0.2, -0.15) is 0 Å². The second kappa shape index (κ2) is 7.00. The number of nitrogens with zero attached hydrogens (tertiary/aromatic N) is 2. The van der Waals surface area contributed by atoms with Crippen molar-refractivity contribution in [1.29, 1.82) is 0 Å². The van der Waals surface area contributed by atoms with E-state index in [1.54, 1.807) is 13.1 Å². The van der Waals surface area contributed by atoms with Crippen LogP contribution in [0.1, 0.15) is 18.1 Å². The van der Waals surface area contributed by atoms with E-state index in [0.717, 1.165) is 22.4 Å². The van der Waals surface area contributed by atoms with Crippen molar-refractivity contribution in [2.45, 2.75) is 26.4 Å². The lowest BCUT2D eigenvalue weighted by atomic mass is 10.00. The number of hydrogen-bond donors (Lipinski definition) is 1. The van der Waals surface area contributed by atoms with Gasteiger partial charge in [0.2, 0.25) is 0 Å². The van der Waals surface area contributed by atoms with Crippen LogP contribution in [0.15, 0.2) is 47.8 Å². The number of aromatic nitrogens is 1. The normalized spacial score (nSPS) is 18.2. The molecule has 1 aliphatic rings. The van der Waals surface area contributed by atoms with Gasteiger partial charge >= 0.3 is 0 Å². The number of benzene rings is 2. The third-order valence-electron chi connectivity index (χ3n) is 5.01. The molecule has 1 aromatic heterocycles. The van der Waals surface area contributed by atoms with E-state index >= 15 is 0 Å². The molecule has 1 aliphatic heterocycles. The SMILES string of the molecule is Cc1ccc(-c2csc(NC(=O)C3(C)Oc4ccc(C)cc4N(C)C3=O)n2)cc1. The summed E-state index contributed by atoms with van der Waals surface area (Å²) in [5, 5.41) is 5.03. The van der Waals surface area contributed by atoms with Crippen molar-refractivity contribution < 1.29 is 14.3 Å². The summed E-state index contributed by atoms with van der Waals surface area (Å²) < 4.78 is 5.87. The van der Waals surface area contributed by atoms with Gasteiger partial charge in [-0.1, -0.05) is 35.9 Å². The molecule has 2 aromatic carbocycles. The van der Waals surface area contributed by atoms with Gasteiger partial charge in [-0.3, -0.25) is 14.9 Å². The zero-order valence-electron chi connectivity index (χ0n) is 16.6. The van der Waals surface area contributed by atoms with Crippen molar-refractivity contribution in [3.8, 4) is 17.0 Å². The number of nitrogens with one attached hydrogen (secondary N) is 1. The highest BCUT2D eigenvalue weighted by Gasteiger charge is 2.50. The van der Waals surface area contributed by atoms with Crippen LogP contribution in [0.2, 0.25) is 0 Å². The first-order chi connectivity index (χ1) is 13.8. The van der Waals surface area contributed by atoms with Gasteiger partial charge in [-0.05, 0) is 38.5 Å². The lowest BCUT2D eigenvalue weighted by Crippen LogP contribution is -2.59. The Morgan fingerprint density at radius 3 is 2.55 bits per heavy atom. The molecule has 1 atom stereocenters. The first kappa shape index (κ1) is 19.1. The molecule has 29 heavy (non-hydrogen) atoms. The molecule has 7 heteroatoms. The third-order valence-corrected chi connectivity index (χ3v) is 5.77. The van der Waals surface area contributed by atoms with Gasteiger partial charge in [0.05, 0.1) is 11.4 Å². The topological polar surface area (TPSA) is 71.5 Å². The number of fused-ring (bicyclic) bond motifs is 1. The van der Waals surface area contributed by atoms with Gasteiger partial charge in [0, 0.05) is 18.0 Å². The van der Waals surface area contributed by atoms with E-state index in [1.807, 2.05) is 55.6 Å². The third kappa shape index (κ3) is 3.38. The maximum atomic E-state index is 13.0. The number of carbonyl (C=O) groups is 2. The van der Waals surface area contributed by atoms with Crippen molar-refractivity contribution in [3.05, 3.63) is 59.0 Å². The quantitative estimate of drug-likeness (QED) is 0.661. The monoisotopic (exact) mass is 407 g/mol. The summed E-state index contributed by atoms with van der Waals surface area (Å²) in [6.07, 6.45) is 0. The highest BCUT2D eigenvalue weighted by atomic mass is 32.1. The number of ether oxygens (including phenoxy) is 1. The number of likely N-dealkylation sites (N-methyl/N-ethyl adjacent to an activating group) is 1. The molecule has 6 nitrogen and oxygen atoms in total. The van der Waals surface area contributed by atoms with Crippen LogP contribution in [0, 0.1) is 13.8 Å². The molecule has 0 aliphatic carbocycles. The molecular weight excluding hydrogens is 386 g/mol. The van der Waals surface area contributed by atoms with Crippen molar-refractivity contribution in [2.75, 3.05) is 17.3 Å². The predicted molar refractivity (Wildman–Crippen MR) is 115 cm³/mol. The van der Waals surface area contributed by atoms with E-state index in [1.165, 1.54) is 23.2 Å². The first-order valence-corrected chi connectivity index (χ1v) is 10.1. The lowest BCUT2D eigenvalue weighted by Gasteiger charge is -2.37. The van der Waals surface area contributed by atoms with Crippen molar-refractivity contribution >= 4 is 34.0 Å². The second-order valence-corrected chi connectivity index (χ2v) is 8.19. The molecule has 148 valence electrons. The van der Waals surface area contributed by atoms with Crippen LogP contribution in [0.4, 0.5) is 10.8 Å². The molecule has 0 spiro atoms. The van der Waals surface area contributed by atoms with Crippen LogP contribution in [-0.4, -0.2) is 29.4 Å². The van der Waals surface area contributed by atoms with Gasteiger partial charge in [-0.25, -0.2) is 4.98 Å². The Morgan fingerprint density at radius 2 is 1.83 bits per heavy atom. The van der Waals surface area contributed by atoms with E-state index in [9.17, 15) is 9.59 Å².